The van der Waals surface area contributed by atoms with Gasteiger partial charge in [0.05, 0.1) is 0 Å². The molecule has 1 heteroatoms. The van der Waals surface area contributed by atoms with Gasteiger partial charge in [0, 0.05) is 10.2 Å². The van der Waals surface area contributed by atoms with E-state index >= 15 is 0 Å². The summed E-state index contributed by atoms with van der Waals surface area (Å²) in [5.74, 6) is 0. The second-order valence-corrected chi connectivity index (χ2v) is 13.5. The highest BCUT2D eigenvalue weighted by Crippen LogP contribution is 2.55. The molecule has 0 saturated carbocycles. The summed E-state index contributed by atoms with van der Waals surface area (Å²) in [4.78, 5) is 0. The normalized spacial score (nSPS) is 12.1. The van der Waals surface area contributed by atoms with Crippen LogP contribution in [0.25, 0.3) is 80.9 Å². The molecular formula is C42H27P. The monoisotopic (exact) mass is 562 g/mol. The highest BCUT2D eigenvalue weighted by molar-refractivity contribution is 7.67. The van der Waals surface area contributed by atoms with E-state index in [1.165, 1.54) is 80.9 Å². The first-order chi connectivity index (χ1) is 21.3. The lowest BCUT2D eigenvalue weighted by atomic mass is 9.87. The van der Waals surface area contributed by atoms with Crippen LogP contribution < -0.4 is 0 Å². The summed E-state index contributed by atoms with van der Waals surface area (Å²) in [6, 6.07) is 60.7. The molecule has 0 fully saturated rings. The van der Waals surface area contributed by atoms with E-state index in [4.69, 9.17) is 0 Å². The minimum atomic E-state index is -0.566. The fourth-order valence-corrected chi connectivity index (χ4v) is 9.68. The second-order valence-electron chi connectivity index (χ2n) is 11.3. The smallest absolute Gasteiger partial charge is 0.00687 e. The Labute approximate surface area is 251 Å². The van der Waals surface area contributed by atoms with Crippen LogP contribution >= 0.6 is 7.53 Å². The predicted octanol–water partition coefficient (Wildman–Crippen LogP) is 12.8. The fourth-order valence-electron chi connectivity index (χ4n) is 7.07. The first-order valence-corrected chi connectivity index (χ1v) is 16.2. The molecule has 0 amide bonds. The van der Waals surface area contributed by atoms with Gasteiger partial charge in [-0.1, -0.05) is 147 Å². The molecule has 0 bridgehead atoms. The van der Waals surface area contributed by atoms with Gasteiger partial charge < -0.3 is 0 Å². The van der Waals surface area contributed by atoms with Crippen LogP contribution in [-0.4, -0.2) is 0 Å². The molecule has 0 aliphatic carbocycles. The molecule has 1 aromatic heterocycles. The van der Waals surface area contributed by atoms with Gasteiger partial charge in [-0.15, -0.1) is 0 Å². The van der Waals surface area contributed by atoms with Gasteiger partial charge in [-0.2, -0.15) is 0 Å². The van der Waals surface area contributed by atoms with Crippen molar-refractivity contribution in [2.45, 2.75) is 0 Å². The van der Waals surface area contributed by atoms with Crippen molar-refractivity contribution < 1.29 is 0 Å². The lowest BCUT2D eigenvalue weighted by Gasteiger charge is -2.16. The third-order valence-electron chi connectivity index (χ3n) is 8.94. The zero-order valence-corrected chi connectivity index (χ0v) is 24.4. The summed E-state index contributed by atoms with van der Waals surface area (Å²) in [5, 5.41) is 14.9. The number of benzene rings is 8. The Morgan fingerprint density at radius 2 is 0.837 bits per heavy atom. The van der Waals surface area contributed by atoms with Gasteiger partial charge in [-0.25, -0.2) is 0 Å². The third kappa shape index (κ3) is 3.77. The zero-order valence-electron chi connectivity index (χ0n) is 23.5. The summed E-state index contributed by atoms with van der Waals surface area (Å²) in [5.41, 5.74) is 5.08. The summed E-state index contributed by atoms with van der Waals surface area (Å²) in [7, 11) is -0.566. The van der Waals surface area contributed by atoms with E-state index in [2.05, 4.69) is 164 Å². The van der Waals surface area contributed by atoms with Crippen LogP contribution in [0.2, 0.25) is 0 Å². The zero-order chi connectivity index (χ0) is 28.3. The van der Waals surface area contributed by atoms with Gasteiger partial charge >= 0.3 is 0 Å². The maximum atomic E-state index is 2.45. The first-order valence-electron chi connectivity index (χ1n) is 14.9. The SMILES string of the molecule is c1ccc(-c2cc3cc(-c4ccc5c(c4)c4ccccc4p5-c4ccccc4)c4ccccc4c3c3ccccc23)cc1. The van der Waals surface area contributed by atoms with Gasteiger partial charge in [-0.05, 0) is 94.9 Å². The van der Waals surface area contributed by atoms with Crippen molar-refractivity contribution in [2.75, 3.05) is 0 Å². The van der Waals surface area contributed by atoms with E-state index in [9.17, 15) is 0 Å². The van der Waals surface area contributed by atoms with Crippen molar-refractivity contribution in [3.05, 3.63) is 164 Å². The summed E-state index contributed by atoms with van der Waals surface area (Å²) < 4.78 is 0. The van der Waals surface area contributed by atoms with E-state index in [1.54, 1.807) is 0 Å². The first kappa shape index (κ1) is 24.4. The van der Waals surface area contributed by atoms with Crippen LogP contribution in [0.15, 0.2) is 164 Å². The highest BCUT2D eigenvalue weighted by atomic mass is 31.1. The Bertz CT molecular complexity index is 2480. The second kappa shape index (κ2) is 9.70. The third-order valence-corrected chi connectivity index (χ3v) is 11.5. The van der Waals surface area contributed by atoms with Crippen molar-refractivity contribution in [3.8, 4) is 27.6 Å². The van der Waals surface area contributed by atoms with Crippen molar-refractivity contribution in [1.29, 1.82) is 0 Å². The van der Waals surface area contributed by atoms with Crippen LogP contribution in [0.3, 0.4) is 0 Å². The summed E-state index contributed by atoms with van der Waals surface area (Å²) in [6.07, 6.45) is 0. The summed E-state index contributed by atoms with van der Waals surface area (Å²) in [6.45, 7) is 0. The van der Waals surface area contributed by atoms with Gasteiger partial charge in [0.15, 0.2) is 0 Å². The van der Waals surface area contributed by atoms with Crippen molar-refractivity contribution in [3.63, 3.8) is 0 Å². The van der Waals surface area contributed by atoms with E-state index in [-0.39, 0.29) is 0 Å². The molecule has 1 atom stereocenters. The van der Waals surface area contributed by atoms with Crippen molar-refractivity contribution in [2.24, 2.45) is 0 Å². The fraction of sp³-hybridized carbons (Fsp3) is 0. The van der Waals surface area contributed by atoms with Crippen LogP contribution in [-0.2, 0) is 0 Å². The van der Waals surface area contributed by atoms with E-state index in [0.29, 0.717) is 0 Å². The van der Waals surface area contributed by atoms with E-state index in [1.807, 2.05) is 0 Å². The molecule has 1 heterocycles. The highest BCUT2D eigenvalue weighted by Gasteiger charge is 2.17. The molecule has 0 aliphatic heterocycles. The molecule has 0 nitrogen and oxygen atoms in total. The molecule has 0 saturated heterocycles. The van der Waals surface area contributed by atoms with Crippen molar-refractivity contribution in [1.82, 2.24) is 0 Å². The van der Waals surface area contributed by atoms with Crippen molar-refractivity contribution >= 4 is 60.9 Å². The van der Waals surface area contributed by atoms with Gasteiger partial charge in [0.25, 0.3) is 0 Å². The maximum Gasteiger partial charge on any atom is 0.00687 e. The Morgan fingerprint density at radius 1 is 0.326 bits per heavy atom. The number of rotatable bonds is 3. The lowest BCUT2D eigenvalue weighted by Crippen LogP contribution is -1.89. The van der Waals surface area contributed by atoms with E-state index < -0.39 is 7.53 Å². The Balaban J connectivity index is 1.37. The average molecular weight is 563 g/mol. The van der Waals surface area contributed by atoms with E-state index in [0.717, 1.165) is 0 Å². The van der Waals surface area contributed by atoms with Crippen LogP contribution in [0, 0.1) is 0 Å². The molecule has 43 heavy (non-hydrogen) atoms. The molecule has 0 N–H and O–H groups in total. The molecule has 0 aliphatic rings. The number of hydrogen-bond acceptors (Lipinski definition) is 0. The Kier molecular flexibility index (Phi) is 5.51. The standard InChI is InChI=1S/C42H27P/c1-3-13-28(14-4-1)37-26-30-27-38(33-18-8-10-21-36(33)42(30)35-20-9-7-17-32(35)37)29-23-24-41-39(25-29)34-19-11-12-22-40(34)43(41)31-15-5-2-6-16-31/h1-27H. The van der Waals surface area contributed by atoms with Gasteiger partial charge in [0.1, 0.15) is 0 Å². The maximum absolute atomic E-state index is 2.45. The molecular weight excluding hydrogens is 535 g/mol. The number of hydrogen-bond donors (Lipinski definition) is 0. The van der Waals surface area contributed by atoms with Gasteiger partial charge in [-0.3, -0.25) is 0 Å². The Hall–Kier alpha value is -5.16. The predicted molar refractivity (Wildman–Crippen MR) is 189 cm³/mol. The average Bonchev–Trinajstić information content (AvgIpc) is 3.42. The number of fused-ring (bicyclic) bond motifs is 8. The minimum Gasteiger partial charge on any atom is -0.0772 e. The Morgan fingerprint density at radius 3 is 1.51 bits per heavy atom. The molecule has 8 aromatic carbocycles. The largest absolute Gasteiger partial charge is 0.0772 e. The molecule has 0 spiro atoms. The minimum absolute atomic E-state index is 0.566. The molecule has 200 valence electrons. The van der Waals surface area contributed by atoms with Crippen LogP contribution in [0.5, 0.6) is 0 Å². The topological polar surface area (TPSA) is 0 Å². The lowest BCUT2D eigenvalue weighted by molar-refractivity contribution is 1.66. The molecule has 1 unspecified atom stereocenters. The summed E-state index contributed by atoms with van der Waals surface area (Å²) >= 11 is 0. The molecule has 9 aromatic rings. The van der Waals surface area contributed by atoms with Crippen LogP contribution in [0.1, 0.15) is 0 Å². The van der Waals surface area contributed by atoms with Crippen LogP contribution in [0.4, 0.5) is 0 Å². The molecule has 9 rings (SSSR count). The van der Waals surface area contributed by atoms with Gasteiger partial charge in [0.2, 0.25) is 0 Å². The molecule has 0 radical (unpaired) electrons. The quantitative estimate of drug-likeness (QED) is 0.188.